The van der Waals surface area contributed by atoms with Gasteiger partial charge in [0.25, 0.3) is 0 Å². The molecule has 0 aliphatic rings. The van der Waals surface area contributed by atoms with Crippen molar-refractivity contribution in [2.75, 3.05) is 0 Å². The van der Waals surface area contributed by atoms with E-state index in [0.717, 1.165) is 16.8 Å². The van der Waals surface area contributed by atoms with E-state index >= 15 is 0 Å². The van der Waals surface area contributed by atoms with Crippen molar-refractivity contribution >= 4 is 5.52 Å². The maximum absolute atomic E-state index is 5.79. The van der Waals surface area contributed by atoms with Crippen LogP contribution in [0.4, 0.5) is 0 Å². The minimum Gasteiger partial charge on any atom is -0.324 e. The van der Waals surface area contributed by atoms with Gasteiger partial charge in [0.2, 0.25) is 0 Å². The minimum absolute atomic E-state index is 0.0827. The number of hydrogen-bond acceptors (Lipinski definition) is 2. The average molecular weight is 175 g/mol. The predicted octanol–water partition coefficient (Wildman–Crippen LogP) is 1.66. The van der Waals surface area contributed by atoms with Crippen LogP contribution < -0.4 is 5.73 Å². The van der Waals surface area contributed by atoms with Gasteiger partial charge < -0.3 is 10.1 Å². The van der Waals surface area contributed by atoms with Crippen LogP contribution in [0, 0.1) is 6.92 Å². The third-order valence-corrected chi connectivity index (χ3v) is 2.28. The highest BCUT2D eigenvalue weighted by Crippen LogP contribution is 2.14. The van der Waals surface area contributed by atoms with Gasteiger partial charge in [-0.3, -0.25) is 0 Å². The van der Waals surface area contributed by atoms with Crippen LogP contribution in [0.25, 0.3) is 5.52 Å². The molecule has 0 saturated carbocycles. The van der Waals surface area contributed by atoms with E-state index in [2.05, 4.69) is 11.1 Å². The Morgan fingerprint density at radius 1 is 1.54 bits per heavy atom. The number of aromatic nitrogens is 2. The van der Waals surface area contributed by atoms with E-state index in [1.807, 2.05) is 36.8 Å². The Bertz CT molecular complexity index is 429. The zero-order valence-electron chi connectivity index (χ0n) is 7.86. The zero-order chi connectivity index (χ0) is 9.42. The molecule has 0 fully saturated rings. The standard InChI is InChI=1S/C10H13N3/c1-7(11)9-3-4-13-6-12-8(2)10(13)5-9/h3-7H,11H2,1-2H3. The van der Waals surface area contributed by atoms with Crippen LogP contribution in [0.1, 0.15) is 24.2 Å². The lowest BCUT2D eigenvalue weighted by Gasteiger charge is -2.05. The molecular weight excluding hydrogens is 162 g/mol. The van der Waals surface area contributed by atoms with Crippen molar-refractivity contribution in [2.45, 2.75) is 19.9 Å². The van der Waals surface area contributed by atoms with Gasteiger partial charge in [-0.25, -0.2) is 4.98 Å². The number of hydrogen-bond donors (Lipinski definition) is 1. The minimum atomic E-state index is 0.0827. The number of nitrogens with zero attached hydrogens (tertiary/aromatic N) is 2. The van der Waals surface area contributed by atoms with Crippen LogP contribution in [0.3, 0.4) is 0 Å². The molecule has 1 atom stereocenters. The van der Waals surface area contributed by atoms with E-state index in [9.17, 15) is 0 Å². The summed E-state index contributed by atoms with van der Waals surface area (Å²) >= 11 is 0. The van der Waals surface area contributed by atoms with Crippen LogP contribution in [-0.2, 0) is 0 Å². The Labute approximate surface area is 77.2 Å². The molecule has 2 N–H and O–H groups in total. The van der Waals surface area contributed by atoms with E-state index in [-0.39, 0.29) is 6.04 Å². The number of nitrogens with two attached hydrogens (primary N) is 1. The second-order valence-corrected chi connectivity index (χ2v) is 3.37. The summed E-state index contributed by atoms with van der Waals surface area (Å²) in [7, 11) is 0. The molecular formula is C10H13N3. The molecule has 0 saturated heterocycles. The molecule has 2 aromatic heterocycles. The summed E-state index contributed by atoms with van der Waals surface area (Å²) in [6.07, 6.45) is 3.81. The molecule has 0 aliphatic carbocycles. The quantitative estimate of drug-likeness (QED) is 0.716. The molecule has 0 radical (unpaired) electrons. The molecule has 2 aromatic rings. The maximum Gasteiger partial charge on any atom is 0.0995 e. The molecule has 3 nitrogen and oxygen atoms in total. The van der Waals surface area contributed by atoms with Gasteiger partial charge in [-0.2, -0.15) is 0 Å². The first-order chi connectivity index (χ1) is 6.18. The maximum atomic E-state index is 5.79. The summed E-state index contributed by atoms with van der Waals surface area (Å²) in [4.78, 5) is 4.22. The van der Waals surface area contributed by atoms with Crippen LogP contribution in [0.2, 0.25) is 0 Å². The van der Waals surface area contributed by atoms with Crippen molar-refractivity contribution in [2.24, 2.45) is 5.73 Å². The van der Waals surface area contributed by atoms with E-state index in [0.29, 0.717) is 0 Å². The number of rotatable bonds is 1. The summed E-state index contributed by atoms with van der Waals surface area (Å²) in [6, 6.07) is 4.20. The largest absolute Gasteiger partial charge is 0.324 e. The third kappa shape index (κ3) is 1.31. The van der Waals surface area contributed by atoms with Gasteiger partial charge in [0.05, 0.1) is 17.5 Å². The summed E-state index contributed by atoms with van der Waals surface area (Å²) in [5.41, 5.74) is 9.12. The number of pyridine rings is 1. The molecule has 2 heterocycles. The van der Waals surface area contributed by atoms with Gasteiger partial charge >= 0.3 is 0 Å². The van der Waals surface area contributed by atoms with Crippen molar-refractivity contribution in [3.8, 4) is 0 Å². The van der Waals surface area contributed by atoms with E-state index in [1.165, 1.54) is 0 Å². The van der Waals surface area contributed by atoms with Gasteiger partial charge in [0.1, 0.15) is 0 Å². The number of fused-ring (bicyclic) bond motifs is 1. The van der Waals surface area contributed by atoms with Gasteiger partial charge in [-0.15, -0.1) is 0 Å². The summed E-state index contributed by atoms with van der Waals surface area (Å²) in [5.74, 6) is 0. The van der Waals surface area contributed by atoms with Gasteiger partial charge in [0, 0.05) is 12.2 Å². The van der Waals surface area contributed by atoms with Crippen LogP contribution >= 0.6 is 0 Å². The van der Waals surface area contributed by atoms with E-state index in [1.54, 1.807) is 0 Å². The Balaban J connectivity index is 2.66. The van der Waals surface area contributed by atoms with Crippen LogP contribution in [0.15, 0.2) is 24.7 Å². The summed E-state index contributed by atoms with van der Waals surface area (Å²) in [6.45, 7) is 3.98. The van der Waals surface area contributed by atoms with Crippen LogP contribution in [0.5, 0.6) is 0 Å². The monoisotopic (exact) mass is 175 g/mol. The highest BCUT2D eigenvalue weighted by atomic mass is 15.0. The molecule has 0 spiro atoms. The summed E-state index contributed by atoms with van der Waals surface area (Å²) < 4.78 is 2.00. The smallest absolute Gasteiger partial charge is 0.0995 e. The van der Waals surface area contributed by atoms with E-state index in [4.69, 9.17) is 5.73 Å². The predicted molar refractivity (Wildman–Crippen MR) is 52.5 cm³/mol. The Kier molecular flexibility index (Phi) is 1.81. The van der Waals surface area contributed by atoms with Gasteiger partial charge in [-0.1, -0.05) is 0 Å². The van der Waals surface area contributed by atoms with Crippen LogP contribution in [-0.4, -0.2) is 9.38 Å². The first kappa shape index (κ1) is 8.26. The lowest BCUT2D eigenvalue weighted by Crippen LogP contribution is -2.05. The highest BCUT2D eigenvalue weighted by molar-refractivity contribution is 5.53. The highest BCUT2D eigenvalue weighted by Gasteiger charge is 2.03. The third-order valence-electron chi connectivity index (χ3n) is 2.28. The number of imidazole rings is 1. The first-order valence-corrected chi connectivity index (χ1v) is 4.37. The Morgan fingerprint density at radius 2 is 2.31 bits per heavy atom. The molecule has 3 heteroatoms. The zero-order valence-corrected chi connectivity index (χ0v) is 7.86. The molecule has 0 aromatic carbocycles. The molecule has 2 rings (SSSR count). The molecule has 1 unspecified atom stereocenters. The second kappa shape index (κ2) is 2.85. The lowest BCUT2D eigenvalue weighted by molar-refractivity contribution is 0.816. The summed E-state index contributed by atoms with van der Waals surface area (Å²) in [5, 5.41) is 0. The Hall–Kier alpha value is -1.35. The van der Waals surface area contributed by atoms with Crippen molar-refractivity contribution < 1.29 is 0 Å². The molecule has 13 heavy (non-hydrogen) atoms. The SMILES string of the molecule is Cc1ncn2ccc(C(C)N)cc12. The Morgan fingerprint density at radius 3 is 3.00 bits per heavy atom. The lowest BCUT2D eigenvalue weighted by atomic mass is 10.1. The van der Waals surface area contributed by atoms with Crippen molar-refractivity contribution in [1.82, 2.24) is 9.38 Å². The van der Waals surface area contributed by atoms with Crippen molar-refractivity contribution in [3.05, 3.63) is 35.9 Å². The molecule has 0 amide bonds. The van der Waals surface area contributed by atoms with Crippen molar-refractivity contribution in [3.63, 3.8) is 0 Å². The first-order valence-electron chi connectivity index (χ1n) is 4.37. The average Bonchev–Trinajstić information content (AvgIpc) is 2.47. The normalized spacial score (nSPS) is 13.5. The molecule has 0 bridgehead atoms. The fourth-order valence-electron chi connectivity index (χ4n) is 1.42. The topological polar surface area (TPSA) is 43.3 Å². The van der Waals surface area contributed by atoms with Crippen molar-refractivity contribution in [1.29, 1.82) is 0 Å². The van der Waals surface area contributed by atoms with Gasteiger partial charge in [0.15, 0.2) is 0 Å². The van der Waals surface area contributed by atoms with E-state index < -0.39 is 0 Å². The number of aryl methyl sites for hydroxylation is 1. The molecule has 0 aliphatic heterocycles. The van der Waals surface area contributed by atoms with Gasteiger partial charge in [-0.05, 0) is 31.5 Å². The fourth-order valence-corrected chi connectivity index (χ4v) is 1.42. The second-order valence-electron chi connectivity index (χ2n) is 3.37. The fraction of sp³-hybridized carbons (Fsp3) is 0.300. The molecule has 68 valence electrons.